The van der Waals surface area contributed by atoms with Crippen LogP contribution in [0.3, 0.4) is 0 Å². The predicted molar refractivity (Wildman–Crippen MR) is 253 cm³/mol. The van der Waals surface area contributed by atoms with Gasteiger partial charge in [-0.1, -0.05) is 194 Å². The lowest BCUT2D eigenvalue weighted by Crippen LogP contribution is -2.10. The molecule has 1 nitrogen and oxygen atoms in total. The smallest absolute Gasteiger partial charge is 0.0467 e. The van der Waals surface area contributed by atoms with Crippen molar-refractivity contribution in [3.8, 4) is 44.5 Å². The van der Waals surface area contributed by atoms with E-state index in [1.54, 1.807) is 0 Å². The van der Waals surface area contributed by atoms with E-state index in [1.165, 1.54) is 87.6 Å². The maximum atomic E-state index is 2.37. The second-order valence-corrected chi connectivity index (χ2v) is 15.3. The van der Waals surface area contributed by atoms with Crippen LogP contribution >= 0.6 is 0 Å². The highest BCUT2D eigenvalue weighted by molar-refractivity contribution is 6.27. The minimum absolute atomic E-state index is 1.10. The Bertz CT molecular complexity index is 3270. The molecule has 59 heavy (non-hydrogen) atoms. The first-order chi connectivity index (χ1) is 29.2. The van der Waals surface area contributed by atoms with E-state index in [-0.39, 0.29) is 0 Å². The first-order valence-corrected chi connectivity index (χ1v) is 20.3. The van der Waals surface area contributed by atoms with Gasteiger partial charge in [-0.3, -0.25) is 0 Å². The van der Waals surface area contributed by atoms with Crippen LogP contribution in [0.25, 0.3) is 87.6 Å². The fourth-order valence-electron chi connectivity index (χ4n) is 8.82. The summed E-state index contributed by atoms with van der Waals surface area (Å²) in [6, 6.07) is 86.1. The number of benzene rings is 11. The summed E-state index contributed by atoms with van der Waals surface area (Å²) in [6.07, 6.45) is 0. The zero-order chi connectivity index (χ0) is 39.1. The Kier molecular flexibility index (Phi) is 8.56. The molecule has 1 heteroatoms. The van der Waals surface area contributed by atoms with Gasteiger partial charge in [0.05, 0.1) is 0 Å². The molecule has 0 heterocycles. The summed E-state index contributed by atoms with van der Waals surface area (Å²) in [4.78, 5) is 2.37. The molecule has 0 aliphatic heterocycles. The largest absolute Gasteiger partial charge is 0.310 e. The normalized spacial score (nSPS) is 11.4. The molecule has 0 atom stereocenters. The molecule has 0 aliphatic carbocycles. The van der Waals surface area contributed by atoms with Crippen LogP contribution in [0.4, 0.5) is 17.1 Å². The van der Waals surface area contributed by atoms with E-state index in [4.69, 9.17) is 0 Å². The fourth-order valence-corrected chi connectivity index (χ4v) is 8.82. The Balaban J connectivity index is 0.987. The molecule has 276 valence electrons. The van der Waals surface area contributed by atoms with Crippen LogP contribution in [0.15, 0.2) is 237 Å². The Labute approximate surface area is 344 Å². The summed E-state index contributed by atoms with van der Waals surface area (Å²) in [5, 5.41) is 10.3. The van der Waals surface area contributed by atoms with Crippen molar-refractivity contribution in [2.75, 3.05) is 4.90 Å². The molecular weight excluding hydrogens is 711 g/mol. The number of fused-ring (bicyclic) bond motifs is 7. The molecule has 0 radical (unpaired) electrons. The van der Waals surface area contributed by atoms with E-state index in [9.17, 15) is 0 Å². The van der Waals surface area contributed by atoms with Gasteiger partial charge in [0.25, 0.3) is 0 Å². The molecule has 11 aromatic rings. The molecule has 0 amide bonds. The average molecular weight is 750 g/mol. The van der Waals surface area contributed by atoms with Crippen LogP contribution in [0.1, 0.15) is 0 Å². The SMILES string of the molecule is c1ccc(-c2ccc(-c3ccc(N(c4ccc(-c5ccccc5)cc4)c4cccc(-c5ccc6c(ccc7ccc8ccc9ccccc9c8c76)c5)c4)cc3)cc2)cc1. The zero-order valence-electron chi connectivity index (χ0n) is 32.5. The van der Waals surface area contributed by atoms with Gasteiger partial charge in [-0.2, -0.15) is 0 Å². The number of anilines is 3. The zero-order valence-corrected chi connectivity index (χ0v) is 32.5. The first-order valence-electron chi connectivity index (χ1n) is 20.3. The maximum Gasteiger partial charge on any atom is 0.0467 e. The molecule has 0 aliphatic rings. The molecule has 0 N–H and O–H groups in total. The van der Waals surface area contributed by atoms with Crippen molar-refractivity contribution >= 4 is 60.2 Å². The highest BCUT2D eigenvalue weighted by Crippen LogP contribution is 2.41. The van der Waals surface area contributed by atoms with E-state index in [1.807, 2.05) is 0 Å². The van der Waals surface area contributed by atoms with Gasteiger partial charge in [0.15, 0.2) is 0 Å². The van der Waals surface area contributed by atoms with Gasteiger partial charge in [-0.25, -0.2) is 0 Å². The van der Waals surface area contributed by atoms with E-state index >= 15 is 0 Å². The average Bonchev–Trinajstić information content (AvgIpc) is 3.32. The third-order valence-corrected chi connectivity index (χ3v) is 11.8. The molecule has 0 spiro atoms. The Hall–Kier alpha value is -7.74. The van der Waals surface area contributed by atoms with Gasteiger partial charge < -0.3 is 4.90 Å². The van der Waals surface area contributed by atoms with Gasteiger partial charge in [-0.05, 0) is 130 Å². The van der Waals surface area contributed by atoms with E-state index in [0.29, 0.717) is 0 Å². The molecule has 0 bridgehead atoms. The molecular formula is C58H39N. The van der Waals surface area contributed by atoms with Crippen molar-refractivity contribution in [2.45, 2.75) is 0 Å². The molecule has 11 aromatic carbocycles. The standard InChI is InChI=1S/C58H39N/c1-3-10-40(11-4-1)42-18-20-43(21-19-42)45-30-35-53(36-31-45)59(52-33-28-44(29-34-52)41-12-5-2-6-13-41)54-16-9-15-49(39-54)50-32-37-56-51(38-50)27-26-48-25-24-47-23-22-46-14-7-8-17-55(46)57(47)58(48)56/h1-39H. The van der Waals surface area contributed by atoms with Crippen molar-refractivity contribution in [3.63, 3.8) is 0 Å². The molecule has 11 rings (SSSR count). The lowest BCUT2D eigenvalue weighted by molar-refractivity contribution is 1.28. The van der Waals surface area contributed by atoms with E-state index < -0.39 is 0 Å². The topological polar surface area (TPSA) is 3.24 Å². The van der Waals surface area contributed by atoms with Crippen LogP contribution < -0.4 is 4.90 Å². The van der Waals surface area contributed by atoms with Crippen LogP contribution in [-0.2, 0) is 0 Å². The maximum absolute atomic E-state index is 2.37. The predicted octanol–water partition coefficient (Wildman–Crippen LogP) is 16.4. The summed E-state index contributed by atoms with van der Waals surface area (Å²) in [7, 11) is 0. The molecule has 0 saturated heterocycles. The van der Waals surface area contributed by atoms with E-state index in [0.717, 1.165) is 17.1 Å². The lowest BCUT2D eigenvalue weighted by Gasteiger charge is -2.26. The van der Waals surface area contributed by atoms with Gasteiger partial charge >= 0.3 is 0 Å². The highest BCUT2D eigenvalue weighted by atomic mass is 15.1. The molecule has 0 aromatic heterocycles. The van der Waals surface area contributed by atoms with Gasteiger partial charge in [-0.15, -0.1) is 0 Å². The summed E-state index contributed by atoms with van der Waals surface area (Å²) < 4.78 is 0. The lowest BCUT2D eigenvalue weighted by atomic mass is 9.92. The summed E-state index contributed by atoms with van der Waals surface area (Å²) in [6.45, 7) is 0. The second kappa shape index (κ2) is 14.6. The van der Waals surface area contributed by atoms with Crippen molar-refractivity contribution < 1.29 is 0 Å². The van der Waals surface area contributed by atoms with Crippen molar-refractivity contribution in [3.05, 3.63) is 237 Å². The minimum Gasteiger partial charge on any atom is -0.310 e. The summed E-state index contributed by atoms with van der Waals surface area (Å²) in [5.41, 5.74) is 12.9. The van der Waals surface area contributed by atoms with Crippen molar-refractivity contribution in [2.24, 2.45) is 0 Å². The third kappa shape index (κ3) is 6.40. The monoisotopic (exact) mass is 749 g/mol. The second-order valence-electron chi connectivity index (χ2n) is 15.3. The Morgan fingerprint density at radius 3 is 1.15 bits per heavy atom. The number of hydrogen-bond donors (Lipinski definition) is 0. The number of rotatable bonds is 7. The van der Waals surface area contributed by atoms with Crippen LogP contribution in [0.5, 0.6) is 0 Å². The summed E-state index contributed by atoms with van der Waals surface area (Å²) in [5.74, 6) is 0. The summed E-state index contributed by atoms with van der Waals surface area (Å²) >= 11 is 0. The van der Waals surface area contributed by atoms with Crippen LogP contribution in [0.2, 0.25) is 0 Å². The van der Waals surface area contributed by atoms with E-state index in [2.05, 4.69) is 241 Å². The first kappa shape index (κ1) is 34.5. The van der Waals surface area contributed by atoms with Gasteiger partial charge in [0, 0.05) is 17.1 Å². The molecule has 0 fully saturated rings. The van der Waals surface area contributed by atoms with Gasteiger partial charge in [0.1, 0.15) is 0 Å². The molecule has 0 unspecified atom stereocenters. The van der Waals surface area contributed by atoms with Crippen molar-refractivity contribution in [1.82, 2.24) is 0 Å². The Morgan fingerprint density at radius 1 is 0.203 bits per heavy atom. The Morgan fingerprint density at radius 2 is 0.593 bits per heavy atom. The quantitative estimate of drug-likeness (QED) is 0.147. The third-order valence-electron chi connectivity index (χ3n) is 11.8. The van der Waals surface area contributed by atoms with Gasteiger partial charge in [0.2, 0.25) is 0 Å². The number of hydrogen-bond acceptors (Lipinski definition) is 1. The van der Waals surface area contributed by atoms with Crippen LogP contribution in [0, 0.1) is 0 Å². The van der Waals surface area contributed by atoms with Crippen molar-refractivity contribution in [1.29, 1.82) is 0 Å². The van der Waals surface area contributed by atoms with Crippen LogP contribution in [-0.4, -0.2) is 0 Å². The molecule has 0 saturated carbocycles. The fraction of sp³-hybridized carbons (Fsp3) is 0. The minimum atomic E-state index is 1.10. The highest BCUT2D eigenvalue weighted by Gasteiger charge is 2.16. The number of nitrogens with zero attached hydrogens (tertiary/aromatic N) is 1.